The van der Waals surface area contributed by atoms with Gasteiger partial charge in [0.1, 0.15) is 0 Å². The smallest absolute Gasteiger partial charge is 0.161 e. The molecule has 0 atom stereocenters. The van der Waals surface area contributed by atoms with Crippen LogP contribution in [0.1, 0.15) is 5.56 Å². The summed E-state index contributed by atoms with van der Waals surface area (Å²) in [5.41, 5.74) is 1.15. The quantitative estimate of drug-likeness (QED) is 0.595. The lowest BCUT2D eigenvalue weighted by atomic mass is 10.2. The second kappa shape index (κ2) is 13.3. The van der Waals surface area contributed by atoms with Gasteiger partial charge in [-0.2, -0.15) is 0 Å². The van der Waals surface area contributed by atoms with Crippen molar-refractivity contribution in [3.8, 4) is 11.5 Å². The average molecular weight is 327 g/mol. The molecule has 1 aromatic carbocycles. The minimum Gasteiger partial charge on any atom is -0.493 e. The lowest BCUT2D eigenvalue weighted by Gasteiger charge is -2.10. The van der Waals surface area contributed by atoms with Crippen molar-refractivity contribution in [1.82, 2.24) is 10.6 Å². The molecule has 20 heavy (non-hydrogen) atoms. The van der Waals surface area contributed by atoms with Crippen molar-refractivity contribution in [3.63, 3.8) is 0 Å². The molecule has 0 spiro atoms. The summed E-state index contributed by atoms with van der Waals surface area (Å²) >= 11 is 0. The molecule has 0 heterocycles. The molecule has 0 radical (unpaired) electrons. The first kappa shape index (κ1) is 21.6. The molecule has 1 aromatic rings. The summed E-state index contributed by atoms with van der Waals surface area (Å²) in [5.74, 6) is 1.49. The minimum atomic E-state index is 0. The van der Waals surface area contributed by atoms with E-state index < -0.39 is 0 Å². The summed E-state index contributed by atoms with van der Waals surface area (Å²) in [7, 11) is 3.26. The Morgan fingerprint density at radius 1 is 0.950 bits per heavy atom. The normalized spacial score (nSPS) is 9.35. The largest absolute Gasteiger partial charge is 0.493 e. The number of aliphatic hydroxyl groups excluding tert-OH is 1. The zero-order valence-corrected chi connectivity index (χ0v) is 13.5. The third kappa shape index (κ3) is 7.77. The third-order valence-electron chi connectivity index (χ3n) is 2.54. The maximum absolute atomic E-state index is 8.60. The number of hydrogen-bond donors (Lipinski definition) is 3. The number of benzene rings is 1. The van der Waals surface area contributed by atoms with Crippen LogP contribution in [0.2, 0.25) is 0 Å². The summed E-state index contributed by atoms with van der Waals surface area (Å²) in [6.45, 7) is 3.29. The minimum absolute atomic E-state index is 0. The number of ether oxygens (including phenoxy) is 2. The highest BCUT2D eigenvalue weighted by atomic mass is 35.5. The van der Waals surface area contributed by atoms with Crippen molar-refractivity contribution in [1.29, 1.82) is 0 Å². The Morgan fingerprint density at radius 3 is 2.20 bits per heavy atom. The second-order valence-corrected chi connectivity index (χ2v) is 3.84. The van der Waals surface area contributed by atoms with Crippen LogP contribution in [0.15, 0.2) is 18.2 Å². The van der Waals surface area contributed by atoms with E-state index in [1.165, 1.54) is 0 Å². The van der Waals surface area contributed by atoms with Crippen LogP contribution in [0.4, 0.5) is 0 Å². The molecule has 0 aromatic heterocycles. The van der Waals surface area contributed by atoms with Gasteiger partial charge in [-0.05, 0) is 17.7 Å². The predicted octanol–water partition coefficient (Wildman–Crippen LogP) is 1.22. The molecule has 3 N–H and O–H groups in total. The van der Waals surface area contributed by atoms with E-state index in [2.05, 4.69) is 10.6 Å². The van der Waals surface area contributed by atoms with Crippen LogP contribution in [0.5, 0.6) is 11.5 Å². The molecule has 1 rings (SSSR count). The molecule has 0 aliphatic carbocycles. The first-order chi connectivity index (χ1) is 8.81. The van der Waals surface area contributed by atoms with Crippen LogP contribution in [-0.2, 0) is 6.54 Å². The molecule has 0 aliphatic heterocycles. The highest BCUT2D eigenvalue weighted by Crippen LogP contribution is 2.27. The van der Waals surface area contributed by atoms with Gasteiger partial charge in [-0.3, -0.25) is 0 Å². The van der Waals surface area contributed by atoms with E-state index in [4.69, 9.17) is 14.6 Å². The fraction of sp³-hybridized carbons (Fsp3) is 0.538. The number of rotatable bonds is 9. The SMILES string of the molecule is COc1ccc(CNCCNCCO)cc1OC.Cl.Cl. The van der Waals surface area contributed by atoms with Gasteiger partial charge in [0.25, 0.3) is 0 Å². The number of hydrogen-bond acceptors (Lipinski definition) is 5. The molecular weight excluding hydrogens is 303 g/mol. The summed E-state index contributed by atoms with van der Waals surface area (Å²) in [5, 5.41) is 15.0. The zero-order chi connectivity index (χ0) is 13.2. The number of nitrogens with one attached hydrogen (secondary N) is 2. The van der Waals surface area contributed by atoms with Gasteiger partial charge in [-0.15, -0.1) is 24.8 Å². The lowest BCUT2D eigenvalue weighted by molar-refractivity contribution is 0.292. The van der Waals surface area contributed by atoms with Crippen LogP contribution >= 0.6 is 24.8 Å². The van der Waals surface area contributed by atoms with E-state index in [0.717, 1.165) is 36.7 Å². The Kier molecular flexibility index (Phi) is 14.3. The molecule has 0 bridgehead atoms. The number of aliphatic hydroxyl groups is 1. The van der Waals surface area contributed by atoms with Gasteiger partial charge in [0, 0.05) is 26.2 Å². The highest BCUT2D eigenvalue weighted by Gasteiger charge is 2.03. The molecule has 0 fully saturated rings. The molecule has 0 unspecified atom stereocenters. The van der Waals surface area contributed by atoms with Crippen molar-refractivity contribution >= 4 is 24.8 Å². The van der Waals surface area contributed by atoms with Crippen molar-refractivity contribution in [2.75, 3.05) is 40.5 Å². The summed E-state index contributed by atoms with van der Waals surface area (Å²) in [6.07, 6.45) is 0. The summed E-state index contributed by atoms with van der Waals surface area (Å²) in [6, 6.07) is 5.88. The Morgan fingerprint density at radius 2 is 1.60 bits per heavy atom. The summed E-state index contributed by atoms with van der Waals surface area (Å²) < 4.78 is 10.4. The highest BCUT2D eigenvalue weighted by molar-refractivity contribution is 5.85. The topological polar surface area (TPSA) is 62.8 Å². The Balaban J connectivity index is 0. The second-order valence-electron chi connectivity index (χ2n) is 3.84. The Hall–Kier alpha value is -0.720. The van der Waals surface area contributed by atoms with Crippen LogP contribution in [0.3, 0.4) is 0 Å². The fourth-order valence-corrected chi connectivity index (χ4v) is 1.60. The van der Waals surface area contributed by atoms with Gasteiger partial charge < -0.3 is 25.2 Å². The van der Waals surface area contributed by atoms with E-state index >= 15 is 0 Å². The maximum atomic E-state index is 8.60. The van der Waals surface area contributed by atoms with E-state index in [9.17, 15) is 0 Å². The zero-order valence-electron chi connectivity index (χ0n) is 11.8. The van der Waals surface area contributed by atoms with Crippen LogP contribution < -0.4 is 20.1 Å². The van der Waals surface area contributed by atoms with Gasteiger partial charge in [-0.1, -0.05) is 6.07 Å². The fourth-order valence-electron chi connectivity index (χ4n) is 1.60. The third-order valence-corrected chi connectivity index (χ3v) is 2.54. The molecule has 5 nitrogen and oxygen atoms in total. The average Bonchev–Trinajstić information content (AvgIpc) is 2.42. The van der Waals surface area contributed by atoms with E-state index in [1.54, 1.807) is 14.2 Å². The van der Waals surface area contributed by atoms with Crippen LogP contribution in [0.25, 0.3) is 0 Å². The molecule has 0 aliphatic rings. The van der Waals surface area contributed by atoms with Crippen molar-refractivity contribution in [2.45, 2.75) is 6.54 Å². The molecule has 7 heteroatoms. The lowest BCUT2D eigenvalue weighted by Crippen LogP contribution is -2.28. The first-order valence-corrected chi connectivity index (χ1v) is 6.05. The molecule has 118 valence electrons. The number of halogens is 2. The number of methoxy groups -OCH3 is 2. The van der Waals surface area contributed by atoms with Crippen molar-refractivity contribution in [3.05, 3.63) is 23.8 Å². The first-order valence-electron chi connectivity index (χ1n) is 6.05. The Bertz CT molecular complexity index is 354. The van der Waals surface area contributed by atoms with Gasteiger partial charge in [0.05, 0.1) is 20.8 Å². The van der Waals surface area contributed by atoms with Crippen molar-refractivity contribution < 1.29 is 14.6 Å². The van der Waals surface area contributed by atoms with Gasteiger partial charge in [0.2, 0.25) is 0 Å². The molecule has 0 amide bonds. The van der Waals surface area contributed by atoms with Gasteiger partial charge in [-0.25, -0.2) is 0 Å². The van der Waals surface area contributed by atoms with E-state index in [1.807, 2.05) is 18.2 Å². The van der Waals surface area contributed by atoms with Crippen molar-refractivity contribution in [2.24, 2.45) is 0 Å². The van der Waals surface area contributed by atoms with Crippen LogP contribution in [0, 0.1) is 0 Å². The molecule has 0 saturated carbocycles. The molecule has 0 saturated heterocycles. The molecular formula is C13H24Cl2N2O3. The summed E-state index contributed by atoms with van der Waals surface area (Å²) in [4.78, 5) is 0. The van der Waals surface area contributed by atoms with E-state index in [-0.39, 0.29) is 31.4 Å². The predicted molar refractivity (Wildman–Crippen MR) is 85.7 cm³/mol. The standard InChI is InChI=1S/C13H22N2O3.2ClH/c1-17-12-4-3-11(9-13(12)18-2)10-15-6-5-14-7-8-16;;/h3-4,9,14-16H,5-8,10H2,1-2H3;2*1H. The monoisotopic (exact) mass is 326 g/mol. The van der Waals surface area contributed by atoms with E-state index in [0.29, 0.717) is 6.54 Å². The van der Waals surface area contributed by atoms with Gasteiger partial charge >= 0.3 is 0 Å². The Labute approximate surface area is 132 Å². The van der Waals surface area contributed by atoms with Crippen LogP contribution in [-0.4, -0.2) is 45.6 Å². The maximum Gasteiger partial charge on any atom is 0.161 e. The van der Waals surface area contributed by atoms with Gasteiger partial charge in [0.15, 0.2) is 11.5 Å².